The van der Waals surface area contributed by atoms with Crippen LogP contribution in [-0.2, 0) is 7.05 Å². The fraction of sp³-hybridized carbons (Fsp3) is 0.500. The van der Waals surface area contributed by atoms with Crippen LogP contribution >= 0.6 is 0 Å². The summed E-state index contributed by atoms with van der Waals surface area (Å²) in [5, 5.41) is 1.46. The maximum Gasteiger partial charge on any atom is 0.0517 e. The monoisotopic (exact) mass is 366 g/mol. The van der Waals surface area contributed by atoms with E-state index in [0.29, 0.717) is 0 Å². The number of fused-ring (bicyclic) bond motifs is 1. The summed E-state index contributed by atoms with van der Waals surface area (Å²) in [4.78, 5) is 0. The highest BCUT2D eigenvalue weighted by molar-refractivity contribution is 5.92. The maximum atomic E-state index is 2.33. The number of hydrogen-bond donors (Lipinski definition) is 0. The summed E-state index contributed by atoms with van der Waals surface area (Å²) in [7, 11) is 2.17. The first-order chi connectivity index (χ1) is 11.9. The van der Waals surface area contributed by atoms with Crippen molar-refractivity contribution in [2.45, 2.75) is 83.6 Å². The van der Waals surface area contributed by atoms with Crippen molar-refractivity contribution >= 4 is 10.9 Å². The molecule has 0 amide bonds. The largest absolute Gasteiger partial charge is 0.347 e. The lowest BCUT2D eigenvalue weighted by atomic mass is 9.94. The van der Waals surface area contributed by atoms with Gasteiger partial charge in [0, 0.05) is 18.1 Å². The van der Waals surface area contributed by atoms with Crippen molar-refractivity contribution in [1.82, 2.24) is 4.57 Å². The molecular formula is C26H40N-. The first-order valence-electron chi connectivity index (χ1n) is 9.64. The van der Waals surface area contributed by atoms with Gasteiger partial charge in [0.25, 0.3) is 0 Å². The van der Waals surface area contributed by atoms with E-state index in [2.05, 4.69) is 87.8 Å². The third-order valence-electron chi connectivity index (χ3n) is 7.22. The van der Waals surface area contributed by atoms with Crippen LogP contribution in [0.3, 0.4) is 0 Å². The van der Waals surface area contributed by atoms with Crippen molar-refractivity contribution in [3.63, 3.8) is 0 Å². The van der Waals surface area contributed by atoms with Crippen molar-refractivity contribution in [2.24, 2.45) is 7.05 Å². The fourth-order valence-electron chi connectivity index (χ4n) is 4.18. The Morgan fingerprint density at radius 2 is 0.963 bits per heavy atom. The van der Waals surface area contributed by atoms with E-state index < -0.39 is 0 Å². The molecule has 0 aliphatic rings. The normalized spacial score (nSPS) is 10.7. The molecule has 0 saturated heterocycles. The third-order valence-corrected chi connectivity index (χ3v) is 7.22. The SMILES string of the molecule is C.Cc1c(C)c(C)[c-](C)c1C.Cc1c(C)c(C)c2c(c1C)c(C)c(C)n2C. The average Bonchev–Trinajstić information content (AvgIpc) is 2.94. The van der Waals surface area contributed by atoms with Crippen molar-refractivity contribution in [3.8, 4) is 0 Å². The zero-order valence-electron chi connectivity index (χ0n) is 18.9. The van der Waals surface area contributed by atoms with Crippen LogP contribution in [0, 0.1) is 76.2 Å². The average molecular weight is 367 g/mol. The standard InChI is InChI=1S/C15H21N.C10H15.CH4/c1-8-9(2)11(4)15-14(10(8)3)12(5)13(6)16(15)7;1-6-7(2)9(4)10(5)8(6)3;/h1-7H3;1-5H3;1H4/q;-1;. The lowest BCUT2D eigenvalue weighted by Gasteiger charge is -2.12. The van der Waals surface area contributed by atoms with Crippen LogP contribution in [-0.4, -0.2) is 4.57 Å². The van der Waals surface area contributed by atoms with Gasteiger partial charge < -0.3 is 4.57 Å². The van der Waals surface area contributed by atoms with Gasteiger partial charge in [-0.25, -0.2) is 0 Å². The highest BCUT2D eigenvalue weighted by Gasteiger charge is 2.16. The van der Waals surface area contributed by atoms with Crippen LogP contribution in [0.15, 0.2) is 0 Å². The van der Waals surface area contributed by atoms with E-state index in [-0.39, 0.29) is 7.43 Å². The first kappa shape index (κ1) is 23.1. The molecule has 0 unspecified atom stereocenters. The topological polar surface area (TPSA) is 4.93 Å². The molecular weight excluding hydrogens is 326 g/mol. The van der Waals surface area contributed by atoms with E-state index in [0.717, 1.165) is 0 Å². The number of hydrogen-bond acceptors (Lipinski definition) is 0. The molecule has 150 valence electrons. The number of benzene rings is 1. The highest BCUT2D eigenvalue weighted by atomic mass is 14.9. The smallest absolute Gasteiger partial charge is 0.0517 e. The predicted octanol–water partition coefficient (Wildman–Crippen LogP) is 7.61. The molecule has 0 radical (unpaired) electrons. The Kier molecular flexibility index (Phi) is 6.86. The van der Waals surface area contributed by atoms with Gasteiger partial charge in [-0.05, 0) is 69.4 Å². The Morgan fingerprint density at radius 1 is 0.556 bits per heavy atom. The summed E-state index contributed by atoms with van der Waals surface area (Å²) >= 11 is 0. The van der Waals surface area contributed by atoms with Crippen molar-refractivity contribution in [1.29, 1.82) is 0 Å². The van der Waals surface area contributed by atoms with Crippen LogP contribution in [0.4, 0.5) is 0 Å². The zero-order valence-corrected chi connectivity index (χ0v) is 18.9. The Labute approximate surface area is 167 Å². The minimum atomic E-state index is 0. The van der Waals surface area contributed by atoms with Crippen LogP contribution in [0.2, 0.25) is 0 Å². The summed E-state index contributed by atoms with van der Waals surface area (Å²) in [6, 6.07) is 0. The number of aryl methyl sites for hydroxylation is 4. The molecule has 1 heterocycles. The molecule has 1 aromatic heterocycles. The molecule has 0 spiro atoms. The molecule has 3 rings (SSSR count). The van der Waals surface area contributed by atoms with Crippen LogP contribution in [0.5, 0.6) is 0 Å². The van der Waals surface area contributed by atoms with Gasteiger partial charge in [-0.3, -0.25) is 0 Å². The van der Waals surface area contributed by atoms with E-state index in [1.165, 1.54) is 72.2 Å². The highest BCUT2D eigenvalue weighted by Crippen LogP contribution is 2.34. The predicted molar refractivity (Wildman–Crippen MR) is 124 cm³/mol. The van der Waals surface area contributed by atoms with E-state index in [9.17, 15) is 0 Å². The Morgan fingerprint density at radius 3 is 1.33 bits per heavy atom. The molecule has 1 nitrogen and oxygen atoms in total. The Hall–Kier alpha value is -1.89. The number of rotatable bonds is 0. The second-order valence-corrected chi connectivity index (χ2v) is 8.12. The molecule has 2 aromatic carbocycles. The quantitative estimate of drug-likeness (QED) is 0.361. The van der Waals surface area contributed by atoms with Crippen LogP contribution < -0.4 is 0 Å². The van der Waals surface area contributed by atoms with Gasteiger partial charge >= 0.3 is 0 Å². The van der Waals surface area contributed by atoms with Crippen molar-refractivity contribution in [2.75, 3.05) is 0 Å². The van der Waals surface area contributed by atoms with Gasteiger partial charge in [-0.15, -0.1) is 0 Å². The molecule has 0 aliphatic heterocycles. The van der Waals surface area contributed by atoms with E-state index >= 15 is 0 Å². The Balaban J connectivity index is 0.000000288. The molecule has 0 atom stereocenters. The second kappa shape index (κ2) is 8.00. The van der Waals surface area contributed by atoms with Gasteiger partial charge in [0.05, 0.1) is 5.52 Å². The van der Waals surface area contributed by atoms with Crippen molar-refractivity contribution in [3.05, 3.63) is 61.3 Å². The van der Waals surface area contributed by atoms with Gasteiger partial charge in [0.1, 0.15) is 0 Å². The van der Waals surface area contributed by atoms with Gasteiger partial charge in [-0.2, -0.15) is 27.8 Å². The molecule has 27 heavy (non-hydrogen) atoms. The molecule has 0 N–H and O–H groups in total. The summed E-state index contributed by atoms with van der Waals surface area (Å²) in [5.41, 5.74) is 17.3. The zero-order chi connectivity index (χ0) is 20.1. The van der Waals surface area contributed by atoms with Gasteiger partial charge in [0.2, 0.25) is 0 Å². The second-order valence-electron chi connectivity index (χ2n) is 8.12. The first-order valence-corrected chi connectivity index (χ1v) is 9.64. The van der Waals surface area contributed by atoms with Crippen molar-refractivity contribution < 1.29 is 0 Å². The maximum absolute atomic E-state index is 2.33. The van der Waals surface area contributed by atoms with Gasteiger partial charge in [-0.1, -0.05) is 42.0 Å². The van der Waals surface area contributed by atoms with E-state index in [1.807, 2.05) is 0 Å². The lowest BCUT2D eigenvalue weighted by molar-refractivity contribution is 0.905. The summed E-state index contributed by atoms with van der Waals surface area (Å²) < 4.78 is 2.33. The lowest BCUT2D eigenvalue weighted by Crippen LogP contribution is -1.97. The fourth-order valence-corrected chi connectivity index (χ4v) is 4.18. The van der Waals surface area contributed by atoms with Gasteiger partial charge in [0.15, 0.2) is 0 Å². The number of aromatic nitrogens is 1. The Bertz CT molecular complexity index is 859. The molecule has 1 heteroatoms. The molecule has 0 saturated carbocycles. The molecule has 0 bridgehead atoms. The molecule has 0 fully saturated rings. The summed E-state index contributed by atoms with van der Waals surface area (Å²) in [6.07, 6.45) is 0. The number of nitrogens with zero attached hydrogens (tertiary/aromatic N) is 1. The molecule has 3 aromatic rings. The summed E-state index contributed by atoms with van der Waals surface area (Å²) in [6.45, 7) is 24.4. The van der Waals surface area contributed by atoms with Crippen LogP contribution in [0.1, 0.15) is 68.8 Å². The van der Waals surface area contributed by atoms with E-state index in [4.69, 9.17) is 0 Å². The van der Waals surface area contributed by atoms with Crippen LogP contribution in [0.25, 0.3) is 10.9 Å². The third kappa shape index (κ3) is 3.49. The van der Waals surface area contributed by atoms with E-state index in [1.54, 1.807) is 0 Å². The molecule has 0 aliphatic carbocycles. The minimum Gasteiger partial charge on any atom is -0.347 e. The minimum absolute atomic E-state index is 0. The summed E-state index contributed by atoms with van der Waals surface area (Å²) in [5.74, 6) is 0.